The lowest BCUT2D eigenvalue weighted by atomic mass is 9.92. The van der Waals surface area contributed by atoms with Gasteiger partial charge in [0.15, 0.2) is 0 Å². The third-order valence-electron chi connectivity index (χ3n) is 3.08. The van der Waals surface area contributed by atoms with Crippen molar-refractivity contribution >= 4 is 5.97 Å². The Kier molecular flexibility index (Phi) is 2.54. The zero-order valence-electron chi connectivity index (χ0n) is 8.08. The van der Waals surface area contributed by atoms with Crippen LogP contribution in [0.25, 0.3) is 0 Å². The molecule has 0 aromatic carbocycles. The maximum atomic E-state index is 11.5. The van der Waals surface area contributed by atoms with E-state index in [9.17, 15) is 4.79 Å². The second-order valence-corrected chi connectivity index (χ2v) is 4.02. The molecule has 3 heteroatoms. The van der Waals surface area contributed by atoms with Crippen molar-refractivity contribution in [3.63, 3.8) is 0 Å². The number of ether oxygens (including phenoxy) is 1. The van der Waals surface area contributed by atoms with Crippen LogP contribution in [0.2, 0.25) is 0 Å². The number of nitrogens with one attached hydrogen (secondary N) is 1. The average Bonchev–Trinajstić information content (AvgIpc) is 2.84. The Bertz CT molecular complexity index is 201. The van der Waals surface area contributed by atoms with E-state index >= 15 is 0 Å². The molecule has 2 atom stereocenters. The molecule has 2 aliphatic rings. The van der Waals surface area contributed by atoms with Gasteiger partial charge in [-0.3, -0.25) is 4.79 Å². The van der Waals surface area contributed by atoms with Crippen molar-refractivity contribution in [1.29, 1.82) is 0 Å². The van der Waals surface area contributed by atoms with Crippen LogP contribution in [0.1, 0.15) is 19.8 Å². The van der Waals surface area contributed by atoms with Crippen LogP contribution in [0.15, 0.2) is 0 Å². The summed E-state index contributed by atoms with van der Waals surface area (Å²) in [6.07, 6.45) is 2.62. The van der Waals surface area contributed by atoms with E-state index in [1.165, 1.54) is 12.8 Å². The van der Waals surface area contributed by atoms with Gasteiger partial charge in [-0.15, -0.1) is 0 Å². The zero-order chi connectivity index (χ0) is 9.26. The van der Waals surface area contributed by atoms with E-state index in [4.69, 9.17) is 4.74 Å². The monoisotopic (exact) mass is 183 g/mol. The normalized spacial score (nSPS) is 33.3. The molecule has 0 aromatic heterocycles. The van der Waals surface area contributed by atoms with Crippen molar-refractivity contribution in [3.05, 3.63) is 0 Å². The first-order chi connectivity index (χ1) is 6.33. The van der Waals surface area contributed by atoms with Crippen LogP contribution >= 0.6 is 0 Å². The fraction of sp³-hybridized carbons (Fsp3) is 0.900. The molecule has 0 spiro atoms. The Labute approximate surface area is 78.8 Å². The predicted molar refractivity (Wildman–Crippen MR) is 49.2 cm³/mol. The van der Waals surface area contributed by atoms with E-state index < -0.39 is 0 Å². The number of carbonyl (C=O) groups is 1. The molecule has 0 aromatic rings. The lowest BCUT2D eigenvalue weighted by molar-refractivity contribution is -0.148. The smallest absolute Gasteiger partial charge is 0.310 e. The summed E-state index contributed by atoms with van der Waals surface area (Å²) >= 11 is 0. The lowest BCUT2D eigenvalue weighted by Gasteiger charge is -2.15. The number of esters is 1. The highest BCUT2D eigenvalue weighted by molar-refractivity contribution is 5.73. The molecule has 2 fully saturated rings. The van der Waals surface area contributed by atoms with E-state index in [1.807, 2.05) is 6.92 Å². The maximum absolute atomic E-state index is 11.5. The summed E-state index contributed by atoms with van der Waals surface area (Å²) in [7, 11) is 0. The largest absolute Gasteiger partial charge is 0.466 e. The van der Waals surface area contributed by atoms with Crippen molar-refractivity contribution < 1.29 is 9.53 Å². The standard InChI is InChI=1S/C10H17NO2/c1-2-13-10(12)9-6-11-5-8(9)7-3-4-7/h7-9,11H,2-6H2,1H3/t8-,9-/m0/s1. The molecule has 1 heterocycles. The number of hydrogen-bond acceptors (Lipinski definition) is 3. The molecule has 1 aliphatic carbocycles. The topological polar surface area (TPSA) is 38.3 Å². The minimum Gasteiger partial charge on any atom is -0.466 e. The average molecular weight is 183 g/mol. The van der Waals surface area contributed by atoms with Crippen molar-refractivity contribution in [2.24, 2.45) is 17.8 Å². The van der Waals surface area contributed by atoms with Crippen LogP contribution < -0.4 is 5.32 Å². The van der Waals surface area contributed by atoms with E-state index in [0.29, 0.717) is 12.5 Å². The summed E-state index contributed by atoms with van der Waals surface area (Å²) in [5.41, 5.74) is 0. The van der Waals surface area contributed by atoms with Gasteiger partial charge in [0, 0.05) is 6.54 Å². The fourth-order valence-corrected chi connectivity index (χ4v) is 2.23. The lowest BCUT2D eigenvalue weighted by Crippen LogP contribution is -2.26. The van der Waals surface area contributed by atoms with Crippen molar-refractivity contribution in [1.82, 2.24) is 5.32 Å². The minimum atomic E-state index is 0.00407. The Morgan fingerprint density at radius 2 is 2.23 bits per heavy atom. The van der Waals surface area contributed by atoms with Gasteiger partial charge < -0.3 is 10.1 Å². The van der Waals surface area contributed by atoms with Gasteiger partial charge in [-0.05, 0) is 38.1 Å². The van der Waals surface area contributed by atoms with Gasteiger partial charge in [-0.25, -0.2) is 0 Å². The van der Waals surface area contributed by atoms with Gasteiger partial charge >= 0.3 is 5.97 Å². The third-order valence-corrected chi connectivity index (χ3v) is 3.08. The molecule has 13 heavy (non-hydrogen) atoms. The van der Waals surface area contributed by atoms with Crippen molar-refractivity contribution in [3.8, 4) is 0 Å². The number of hydrogen-bond donors (Lipinski definition) is 1. The summed E-state index contributed by atoms with van der Waals surface area (Å²) in [6, 6.07) is 0. The van der Waals surface area contributed by atoms with Crippen LogP contribution in [0, 0.1) is 17.8 Å². The second-order valence-electron chi connectivity index (χ2n) is 4.02. The molecule has 0 bridgehead atoms. The predicted octanol–water partition coefficient (Wildman–Crippen LogP) is 0.795. The SMILES string of the molecule is CCOC(=O)[C@H]1CNC[C@H]1C1CC1. The van der Waals surface area contributed by atoms with Gasteiger partial charge in [0.2, 0.25) is 0 Å². The van der Waals surface area contributed by atoms with Crippen molar-refractivity contribution in [2.75, 3.05) is 19.7 Å². The fourth-order valence-electron chi connectivity index (χ4n) is 2.23. The Morgan fingerprint density at radius 1 is 1.46 bits per heavy atom. The molecule has 2 rings (SSSR count). The van der Waals surface area contributed by atoms with Gasteiger partial charge in [-0.1, -0.05) is 0 Å². The molecule has 0 radical (unpaired) electrons. The van der Waals surface area contributed by atoms with Gasteiger partial charge in [-0.2, -0.15) is 0 Å². The molecule has 1 saturated carbocycles. The highest BCUT2D eigenvalue weighted by Crippen LogP contribution is 2.42. The summed E-state index contributed by atoms with van der Waals surface area (Å²) in [5.74, 6) is 1.49. The molecule has 0 unspecified atom stereocenters. The first-order valence-electron chi connectivity index (χ1n) is 5.20. The second kappa shape index (κ2) is 3.66. The van der Waals surface area contributed by atoms with Gasteiger partial charge in [0.1, 0.15) is 0 Å². The van der Waals surface area contributed by atoms with E-state index in [2.05, 4.69) is 5.32 Å². The van der Waals surface area contributed by atoms with Gasteiger partial charge in [0.05, 0.1) is 12.5 Å². The Hall–Kier alpha value is -0.570. The molecular weight excluding hydrogens is 166 g/mol. The van der Waals surface area contributed by atoms with Crippen LogP contribution in [0.4, 0.5) is 0 Å². The summed E-state index contributed by atoms with van der Waals surface area (Å²) in [5, 5.41) is 3.28. The molecule has 1 aliphatic heterocycles. The Balaban J connectivity index is 1.92. The van der Waals surface area contributed by atoms with E-state index in [1.54, 1.807) is 0 Å². The molecule has 3 nitrogen and oxygen atoms in total. The maximum Gasteiger partial charge on any atom is 0.310 e. The number of carbonyl (C=O) groups excluding carboxylic acids is 1. The quantitative estimate of drug-likeness (QED) is 0.658. The summed E-state index contributed by atoms with van der Waals surface area (Å²) in [4.78, 5) is 11.5. The molecular formula is C10H17NO2. The highest BCUT2D eigenvalue weighted by Gasteiger charge is 2.43. The highest BCUT2D eigenvalue weighted by atomic mass is 16.5. The molecule has 1 N–H and O–H groups in total. The summed E-state index contributed by atoms with van der Waals surface area (Å²) in [6.45, 7) is 4.20. The van der Waals surface area contributed by atoms with Crippen LogP contribution in [-0.4, -0.2) is 25.7 Å². The van der Waals surface area contributed by atoms with Crippen LogP contribution in [0.3, 0.4) is 0 Å². The molecule has 1 saturated heterocycles. The van der Waals surface area contributed by atoms with Crippen molar-refractivity contribution in [2.45, 2.75) is 19.8 Å². The third kappa shape index (κ3) is 1.85. The molecule has 74 valence electrons. The van der Waals surface area contributed by atoms with E-state index in [0.717, 1.165) is 19.0 Å². The first-order valence-corrected chi connectivity index (χ1v) is 5.20. The Morgan fingerprint density at radius 3 is 2.85 bits per heavy atom. The van der Waals surface area contributed by atoms with Crippen LogP contribution in [-0.2, 0) is 9.53 Å². The zero-order valence-corrected chi connectivity index (χ0v) is 8.08. The van der Waals surface area contributed by atoms with E-state index in [-0.39, 0.29) is 11.9 Å². The first kappa shape index (κ1) is 9.00. The van der Waals surface area contributed by atoms with Crippen LogP contribution in [0.5, 0.6) is 0 Å². The van der Waals surface area contributed by atoms with Gasteiger partial charge in [0.25, 0.3) is 0 Å². The minimum absolute atomic E-state index is 0.00407. The summed E-state index contributed by atoms with van der Waals surface area (Å²) < 4.78 is 5.06. The number of rotatable bonds is 3. The molecule has 0 amide bonds.